The molecule has 0 saturated heterocycles. The van der Waals surface area contributed by atoms with Crippen molar-refractivity contribution in [1.82, 2.24) is 0 Å². The van der Waals surface area contributed by atoms with E-state index in [1.165, 1.54) is 116 Å². The third-order valence-electron chi connectivity index (χ3n) is 10.3. The first-order valence-electron chi connectivity index (χ1n) is 24.7. The van der Waals surface area contributed by atoms with Crippen molar-refractivity contribution in [3.63, 3.8) is 0 Å². The zero-order valence-corrected chi connectivity index (χ0v) is 38.9. The van der Waals surface area contributed by atoms with Gasteiger partial charge in [-0.1, -0.05) is 228 Å². The summed E-state index contributed by atoms with van der Waals surface area (Å²) >= 11 is 0. The Bertz CT molecular complexity index is 1190. The number of hydrogen-bond donors (Lipinski definition) is 0. The third-order valence-corrected chi connectivity index (χ3v) is 10.3. The van der Waals surface area contributed by atoms with Crippen LogP contribution in [0.4, 0.5) is 0 Å². The number of allylic oxidation sites excluding steroid dienone is 14. The van der Waals surface area contributed by atoms with Gasteiger partial charge in [-0.05, 0) is 57.8 Å². The maximum Gasteiger partial charge on any atom is 0.306 e. The van der Waals surface area contributed by atoms with Gasteiger partial charge in [0.2, 0.25) is 0 Å². The Kier molecular flexibility index (Phi) is 45.5. The van der Waals surface area contributed by atoms with Crippen molar-refractivity contribution in [3.8, 4) is 0 Å². The van der Waals surface area contributed by atoms with Crippen molar-refractivity contribution in [2.75, 3.05) is 13.2 Å². The smallest absolute Gasteiger partial charge is 0.306 e. The molecule has 60 heavy (non-hydrogen) atoms. The van der Waals surface area contributed by atoms with Crippen LogP contribution in [-0.4, -0.2) is 37.2 Å². The molecule has 0 aliphatic carbocycles. The van der Waals surface area contributed by atoms with E-state index < -0.39 is 6.10 Å². The molecule has 0 aliphatic rings. The highest BCUT2D eigenvalue weighted by molar-refractivity contribution is 5.71. The van der Waals surface area contributed by atoms with E-state index in [2.05, 4.69) is 51.2 Å². The lowest BCUT2D eigenvalue weighted by atomic mass is 10.0. The fraction of sp³-hybridized carbons (Fsp3) is 0.685. The number of ether oxygens (including phenoxy) is 3. The second-order valence-corrected chi connectivity index (χ2v) is 16.1. The summed E-state index contributed by atoms with van der Waals surface area (Å²) in [5, 5.41) is 0. The van der Waals surface area contributed by atoms with Crippen LogP contribution in [0.2, 0.25) is 0 Å². The fourth-order valence-corrected chi connectivity index (χ4v) is 6.58. The van der Waals surface area contributed by atoms with E-state index in [1.54, 1.807) is 0 Å². The fourth-order valence-electron chi connectivity index (χ4n) is 6.58. The van der Waals surface area contributed by atoms with Gasteiger partial charge in [-0.25, -0.2) is 0 Å². The molecule has 1 unspecified atom stereocenters. The molecule has 0 radical (unpaired) electrons. The number of esters is 3. The summed E-state index contributed by atoms with van der Waals surface area (Å²) in [5.41, 5.74) is 0. The van der Waals surface area contributed by atoms with Crippen LogP contribution in [0.3, 0.4) is 0 Å². The average molecular weight is 835 g/mol. The molecule has 0 aliphatic heterocycles. The summed E-state index contributed by atoms with van der Waals surface area (Å²) in [6, 6.07) is 0. The lowest BCUT2D eigenvalue weighted by Gasteiger charge is -2.18. The van der Waals surface area contributed by atoms with Gasteiger partial charge in [-0.3, -0.25) is 14.4 Å². The number of rotatable bonds is 43. The maximum atomic E-state index is 12.8. The first-order valence-corrected chi connectivity index (χ1v) is 24.7. The van der Waals surface area contributed by atoms with Gasteiger partial charge in [0.25, 0.3) is 0 Å². The molecular formula is C54H90O6. The van der Waals surface area contributed by atoms with Gasteiger partial charge in [0.05, 0.1) is 0 Å². The van der Waals surface area contributed by atoms with Crippen LogP contribution in [0.1, 0.15) is 220 Å². The predicted molar refractivity (Wildman–Crippen MR) is 256 cm³/mol. The van der Waals surface area contributed by atoms with Gasteiger partial charge in [-0.2, -0.15) is 0 Å². The summed E-state index contributed by atoms with van der Waals surface area (Å²) < 4.78 is 16.7. The first-order chi connectivity index (χ1) is 29.5. The van der Waals surface area contributed by atoms with Crippen molar-refractivity contribution in [3.05, 3.63) is 85.1 Å². The van der Waals surface area contributed by atoms with Crippen LogP contribution in [0.15, 0.2) is 85.1 Å². The minimum atomic E-state index is -0.807. The molecule has 0 aromatic carbocycles. The Morgan fingerprint density at radius 3 is 1.13 bits per heavy atom. The van der Waals surface area contributed by atoms with Gasteiger partial charge in [-0.15, -0.1) is 0 Å². The standard InChI is InChI=1S/C54H90O6/c1-4-7-10-13-16-19-22-25-27-30-32-35-38-41-44-47-53(56)59-50-51(49-58-52(55)46-43-40-37-34-31-28-24-21-18-15-12-9-6-3)60-54(57)48-45-42-39-36-33-29-26-23-20-17-14-11-8-5-2/h9,12,15-16,18-19,21-22,24-25,28,31,34,37,51H,4-8,10-11,13-14,17,20,23,26-27,29-30,32-33,35-36,38-50H2,1-3H3/b12-9+,18-15+,19-16+,24-21+,25-22+,31-28+,37-34+. The highest BCUT2D eigenvalue weighted by Gasteiger charge is 2.19. The van der Waals surface area contributed by atoms with Gasteiger partial charge in [0.15, 0.2) is 6.10 Å². The Balaban J connectivity index is 4.50. The second-order valence-electron chi connectivity index (χ2n) is 16.1. The van der Waals surface area contributed by atoms with Crippen molar-refractivity contribution < 1.29 is 28.6 Å². The molecule has 0 heterocycles. The Morgan fingerprint density at radius 1 is 0.350 bits per heavy atom. The number of unbranched alkanes of at least 4 members (excludes halogenated alkanes) is 23. The average Bonchev–Trinajstić information content (AvgIpc) is 3.24. The first kappa shape index (κ1) is 56.6. The van der Waals surface area contributed by atoms with E-state index in [0.717, 1.165) is 57.8 Å². The molecule has 0 rings (SSSR count). The van der Waals surface area contributed by atoms with E-state index >= 15 is 0 Å². The quantitative estimate of drug-likeness (QED) is 0.0263. The van der Waals surface area contributed by atoms with Crippen LogP contribution in [0, 0.1) is 0 Å². The van der Waals surface area contributed by atoms with E-state index in [-0.39, 0.29) is 37.5 Å². The zero-order valence-electron chi connectivity index (χ0n) is 38.9. The van der Waals surface area contributed by atoms with Crippen LogP contribution < -0.4 is 0 Å². The second kappa shape index (κ2) is 48.3. The summed E-state index contributed by atoms with van der Waals surface area (Å²) in [5.74, 6) is -0.993. The number of carbonyl (C=O) groups is 3. The largest absolute Gasteiger partial charge is 0.462 e. The molecule has 0 fully saturated rings. The molecular weight excluding hydrogens is 745 g/mol. The zero-order chi connectivity index (χ0) is 43.7. The molecule has 6 heteroatoms. The molecule has 6 nitrogen and oxygen atoms in total. The van der Waals surface area contributed by atoms with Gasteiger partial charge in [0, 0.05) is 19.3 Å². The minimum Gasteiger partial charge on any atom is -0.462 e. The van der Waals surface area contributed by atoms with Crippen molar-refractivity contribution in [2.45, 2.75) is 226 Å². The molecule has 0 aromatic heterocycles. The van der Waals surface area contributed by atoms with Crippen molar-refractivity contribution >= 4 is 17.9 Å². The number of carbonyl (C=O) groups excluding carboxylic acids is 3. The summed E-state index contributed by atoms with van der Waals surface area (Å²) in [6.07, 6.45) is 61.4. The molecule has 0 spiro atoms. The SMILES string of the molecule is CC/C=C/C=C/C=C/C=C/C=C/CCCC(=O)OCC(COC(=O)CCCCCCCC/C=C/C=C/CCCCC)OC(=O)CCCCCCCCCCCCCCCC. The Labute approximate surface area is 369 Å². The highest BCUT2D eigenvalue weighted by Crippen LogP contribution is 2.15. The number of hydrogen-bond acceptors (Lipinski definition) is 6. The van der Waals surface area contributed by atoms with Gasteiger partial charge in [0.1, 0.15) is 13.2 Å². The van der Waals surface area contributed by atoms with Crippen LogP contribution in [0.5, 0.6) is 0 Å². The van der Waals surface area contributed by atoms with Gasteiger partial charge >= 0.3 is 17.9 Å². The maximum absolute atomic E-state index is 12.8. The van der Waals surface area contributed by atoms with Crippen molar-refractivity contribution in [1.29, 1.82) is 0 Å². The Hall–Kier alpha value is -3.41. The molecule has 0 bridgehead atoms. The van der Waals surface area contributed by atoms with Crippen molar-refractivity contribution in [2.24, 2.45) is 0 Å². The molecule has 0 aromatic rings. The summed E-state index contributed by atoms with van der Waals surface area (Å²) in [6.45, 7) is 6.38. The van der Waals surface area contributed by atoms with E-state index in [0.29, 0.717) is 19.3 Å². The normalized spacial score (nSPS) is 12.8. The summed E-state index contributed by atoms with van der Waals surface area (Å²) in [4.78, 5) is 37.9. The molecule has 0 N–H and O–H groups in total. The van der Waals surface area contributed by atoms with E-state index in [1.807, 2.05) is 54.7 Å². The monoisotopic (exact) mass is 835 g/mol. The predicted octanol–water partition coefficient (Wildman–Crippen LogP) is 16.0. The highest BCUT2D eigenvalue weighted by atomic mass is 16.6. The minimum absolute atomic E-state index is 0.104. The molecule has 1 atom stereocenters. The van der Waals surface area contributed by atoms with Crippen LogP contribution >= 0.6 is 0 Å². The van der Waals surface area contributed by atoms with Gasteiger partial charge < -0.3 is 14.2 Å². The van der Waals surface area contributed by atoms with E-state index in [9.17, 15) is 14.4 Å². The lowest BCUT2D eigenvalue weighted by Crippen LogP contribution is -2.30. The van der Waals surface area contributed by atoms with E-state index in [4.69, 9.17) is 14.2 Å². The third kappa shape index (κ3) is 45.7. The van der Waals surface area contributed by atoms with Crippen LogP contribution in [-0.2, 0) is 28.6 Å². The summed E-state index contributed by atoms with van der Waals surface area (Å²) in [7, 11) is 0. The molecule has 0 saturated carbocycles. The Morgan fingerprint density at radius 2 is 0.667 bits per heavy atom. The topological polar surface area (TPSA) is 78.9 Å². The molecule has 342 valence electrons. The molecule has 0 amide bonds. The lowest BCUT2D eigenvalue weighted by molar-refractivity contribution is -0.167. The van der Waals surface area contributed by atoms with Crippen LogP contribution in [0.25, 0.3) is 0 Å².